The molecule has 0 aliphatic heterocycles. The van der Waals surface area contributed by atoms with E-state index in [2.05, 4.69) is 4.98 Å². The molecule has 0 fully saturated rings. The van der Waals surface area contributed by atoms with E-state index in [4.69, 9.17) is 4.42 Å². The summed E-state index contributed by atoms with van der Waals surface area (Å²) < 4.78 is 5.30. The summed E-state index contributed by atoms with van der Waals surface area (Å²) in [6, 6.07) is 3.67. The highest BCUT2D eigenvalue weighted by Gasteiger charge is 2.20. The SMILES string of the molecule is CCN(CC)C(=O)c1nc(-c2ccco2)sc1C. The summed E-state index contributed by atoms with van der Waals surface area (Å²) in [6.45, 7) is 7.25. The van der Waals surface area contributed by atoms with E-state index in [-0.39, 0.29) is 5.91 Å². The number of thiazole rings is 1. The first kappa shape index (κ1) is 12.8. The molecule has 18 heavy (non-hydrogen) atoms. The number of rotatable bonds is 4. The van der Waals surface area contributed by atoms with Gasteiger partial charge in [-0.15, -0.1) is 11.3 Å². The lowest BCUT2D eigenvalue weighted by Crippen LogP contribution is -2.31. The number of aromatic nitrogens is 1. The van der Waals surface area contributed by atoms with Crippen LogP contribution >= 0.6 is 11.3 Å². The predicted octanol–water partition coefficient (Wildman–Crippen LogP) is 3.19. The van der Waals surface area contributed by atoms with Crippen molar-refractivity contribution in [2.24, 2.45) is 0 Å². The van der Waals surface area contributed by atoms with Gasteiger partial charge in [-0.3, -0.25) is 4.79 Å². The van der Waals surface area contributed by atoms with Crippen molar-refractivity contribution in [3.05, 3.63) is 29.0 Å². The minimum absolute atomic E-state index is 0.00782. The Hall–Kier alpha value is -1.62. The zero-order chi connectivity index (χ0) is 13.1. The summed E-state index contributed by atoms with van der Waals surface area (Å²) in [5.74, 6) is 0.702. The van der Waals surface area contributed by atoms with E-state index >= 15 is 0 Å². The Kier molecular flexibility index (Phi) is 3.81. The topological polar surface area (TPSA) is 46.3 Å². The van der Waals surface area contributed by atoms with Crippen molar-refractivity contribution in [3.8, 4) is 10.8 Å². The Morgan fingerprint density at radius 3 is 2.72 bits per heavy atom. The molecular formula is C13H16N2O2S. The third kappa shape index (κ3) is 2.31. The molecule has 0 aromatic carbocycles. The molecule has 0 aliphatic rings. The molecule has 0 spiro atoms. The molecule has 2 rings (SSSR count). The Bertz CT molecular complexity index is 527. The van der Waals surface area contributed by atoms with Gasteiger partial charge in [-0.1, -0.05) is 0 Å². The number of nitrogens with zero attached hydrogens (tertiary/aromatic N) is 2. The van der Waals surface area contributed by atoms with Crippen LogP contribution in [0.1, 0.15) is 29.2 Å². The van der Waals surface area contributed by atoms with E-state index < -0.39 is 0 Å². The van der Waals surface area contributed by atoms with Gasteiger partial charge in [0, 0.05) is 18.0 Å². The van der Waals surface area contributed by atoms with Crippen LogP contribution in [0, 0.1) is 6.92 Å². The van der Waals surface area contributed by atoms with E-state index in [1.807, 2.05) is 32.9 Å². The Labute approximate surface area is 110 Å². The molecule has 0 bridgehead atoms. The van der Waals surface area contributed by atoms with E-state index in [9.17, 15) is 4.79 Å². The molecule has 2 heterocycles. The first-order chi connectivity index (χ1) is 8.67. The van der Waals surface area contributed by atoms with E-state index in [0.29, 0.717) is 24.5 Å². The third-order valence-corrected chi connectivity index (χ3v) is 3.77. The molecule has 1 amide bonds. The molecular weight excluding hydrogens is 248 g/mol. The summed E-state index contributed by atoms with van der Waals surface area (Å²) in [6.07, 6.45) is 1.61. The van der Waals surface area contributed by atoms with Crippen molar-refractivity contribution in [1.82, 2.24) is 9.88 Å². The second kappa shape index (κ2) is 5.35. The quantitative estimate of drug-likeness (QED) is 0.852. The summed E-state index contributed by atoms with van der Waals surface area (Å²) in [5, 5.41) is 0.757. The fourth-order valence-electron chi connectivity index (χ4n) is 1.76. The van der Waals surface area contributed by atoms with Gasteiger partial charge in [-0.2, -0.15) is 0 Å². The van der Waals surface area contributed by atoms with Gasteiger partial charge in [-0.25, -0.2) is 4.98 Å². The zero-order valence-electron chi connectivity index (χ0n) is 10.8. The zero-order valence-corrected chi connectivity index (χ0v) is 11.6. The van der Waals surface area contributed by atoms with Crippen LogP contribution in [0.2, 0.25) is 0 Å². The highest BCUT2D eigenvalue weighted by atomic mass is 32.1. The first-order valence-electron chi connectivity index (χ1n) is 5.98. The molecule has 0 saturated heterocycles. The maximum atomic E-state index is 12.3. The lowest BCUT2D eigenvalue weighted by Gasteiger charge is -2.17. The van der Waals surface area contributed by atoms with Gasteiger partial charge in [0.2, 0.25) is 0 Å². The number of hydrogen-bond acceptors (Lipinski definition) is 4. The highest BCUT2D eigenvalue weighted by molar-refractivity contribution is 7.15. The summed E-state index contributed by atoms with van der Waals surface area (Å²) in [4.78, 5) is 19.4. The Morgan fingerprint density at radius 1 is 1.44 bits per heavy atom. The van der Waals surface area contributed by atoms with E-state index in [1.165, 1.54) is 11.3 Å². The van der Waals surface area contributed by atoms with Crippen molar-refractivity contribution in [2.45, 2.75) is 20.8 Å². The minimum Gasteiger partial charge on any atom is -0.462 e. The summed E-state index contributed by atoms with van der Waals surface area (Å²) in [5.41, 5.74) is 0.537. The van der Waals surface area contributed by atoms with Crippen LogP contribution in [0.4, 0.5) is 0 Å². The Balaban J connectivity index is 2.32. The van der Waals surface area contributed by atoms with Crippen LogP contribution in [0.25, 0.3) is 10.8 Å². The molecule has 2 aromatic rings. The standard InChI is InChI=1S/C13H16N2O2S/c1-4-15(5-2)13(16)11-9(3)18-12(14-11)10-7-6-8-17-10/h6-8H,4-5H2,1-3H3. The largest absolute Gasteiger partial charge is 0.462 e. The fraction of sp³-hybridized carbons (Fsp3) is 0.385. The van der Waals surface area contributed by atoms with Crippen LogP contribution in [0.3, 0.4) is 0 Å². The number of carbonyl (C=O) groups is 1. The van der Waals surface area contributed by atoms with Crippen molar-refractivity contribution < 1.29 is 9.21 Å². The molecule has 96 valence electrons. The van der Waals surface area contributed by atoms with Crippen LogP contribution in [0.15, 0.2) is 22.8 Å². The maximum Gasteiger partial charge on any atom is 0.273 e. The van der Waals surface area contributed by atoms with Crippen molar-refractivity contribution in [3.63, 3.8) is 0 Å². The Morgan fingerprint density at radius 2 is 2.17 bits per heavy atom. The second-order valence-electron chi connectivity index (χ2n) is 3.88. The first-order valence-corrected chi connectivity index (χ1v) is 6.79. The molecule has 0 atom stereocenters. The van der Waals surface area contributed by atoms with Crippen LogP contribution in [0.5, 0.6) is 0 Å². The van der Waals surface area contributed by atoms with Crippen LogP contribution in [-0.4, -0.2) is 28.9 Å². The molecule has 0 saturated carbocycles. The van der Waals surface area contributed by atoms with Gasteiger partial charge in [0.25, 0.3) is 5.91 Å². The fourth-order valence-corrected chi connectivity index (χ4v) is 2.63. The van der Waals surface area contributed by atoms with Crippen molar-refractivity contribution in [2.75, 3.05) is 13.1 Å². The van der Waals surface area contributed by atoms with Gasteiger partial charge in [0.1, 0.15) is 5.69 Å². The summed E-state index contributed by atoms with van der Waals surface area (Å²) in [7, 11) is 0. The van der Waals surface area contributed by atoms with Crippen molar-refractivity contribution in [1.29, 1.82) is 0 Å². The van der Waals surface area contributed by atoms with Crippen molar-refractivity contribution >= 4 is 17.2 Å². The number of hydrogen-bond donors (Lipinski definition) is 0. The number of furan rings is 1. The molecule has 0 unspecified atom stereocenters. The average molecular weight is 264 g/mol. The highest BCUT2D eigenvalue weighted by Crippen LogP contribution is 2.28. The second-order valence-corrected chi connectivity index (χ2v) is 5.08. The van der Waals surface area contributed by atoms with Gasteiger partial charge in [0.15, 0.2) is 10.8 Å². The predicted molar refractivity (Wildman–Crippen MR) is 71.8 cm³/mol. The normalized spacial score (nSPS) is 10.6. The van der Waals surface area contributed by atoms with Gasteiger partial charge in [0.05, 0.1) is 6.26 Å². The van der Waals surface area contributed by atoms with Gasteiger partial charge >= 0.3 is 0 Å². The molecule has 0 aliphatic carbocycles. The smallest absolute Gasteiger partial charge is 0.273 e. The average Bonchev–Trinajstić information content (AvgIpc) is 2.99. The number of aryl methyl sites for hydroxylation is 1. The summed E-state index contributed by atoms with van der Waals surface area (Å²) >= 11 is 1.49. The molecule has 0 N–H and O–H groups in total. The number of amides is 1. The van der Waals surface area contributed by atoms with Gasteiger partial charge < -0.3 is 9.32 Å². The van der Waals surface area contributed by atoms with E-state index in [1.54, 1.807) is 11.2 Å². The minimum atomic E-state index is -0.00782. The molecule has 4 nitrogen and oxygen atoms in total. The monoisotopic (exact) mass is 264 g/mol. The van der Waals surface area contributed by atoms with Crippen LogP contribution in [-0.2, 0) is 0 Å². The third-order valence-electron chi connectivity index (χ3n) is 2.78. The molecule has 2 aromatic heterocycles. The van der Waals surface area contributed by atoms with Gasteiger partial charge in [-0.05, 0) is 32.9 Å². The maximum absolute atomic E-state index is 12.3. The van der Waals surface area contributed by atoms with Crippen LogP contribution < -0.4 is 0 Å². The molecule has 0 radical (unpaired) electrons. The molecule has 5 heteroatoms. The lowest BCUT2D eigenvalue weighted by molar-refractivity contribution is 0.0767. The van der Waals surface area contributed by atoms with E-state index in [0.717, 1.165) is 9.88 Å². The number of carbonyl (C=O) groups excluding carboxylic acids is 1. The lowest BCUT2D eigenvalue weighted by atomic mass is 10.3.